The lowest BCUT2D eigenvalue weighted by Crippen LogP contribution is -2.18. The molecule has 0 saturated heterocycles. The molecule has 2 aromatic carbocycles. The minimum Gasteiger partial charge on any atom is -0.456 e. The number of para-hydroxylation sites is 1. The highest BCUT2D eigenvalue weighted by Gasteiger charge is 2.20. The lowest BCUT2D eigenvalue weighted by atomic mass is 10.2. The van der Waals surface area contributed by atoms with Gasteiger partial charge in [0.05, 0.1) is 21.8 Å². The second-order valence-electron chi connectivity index (χ2n) is 6.76. The Hall–Kier alpha value is -3.21. The number of hydrogen-bond donors (Lipinski definition) is 1. The van der Waals surface area contributed by atoms with Gasteiger partial charge in [0.15, 0.2) is 4.96 Å². The van der Waals surface area contributed by atoms with Gasteiger partial charge in [0.25, 0.3) is 15.6 Å². The van der Waals surface area contributed by atoms with Gasteiger partial charge in [-0.15, -0.1) is 11.3 Å². The molecule has 0 radical (unpaired) electrons. The van der Waals surface area contributed by atoms with Gasteiger partial charge in [-0.25, -0.2) is 18.2 Å². The van der Waals surface area contributed by atoms with E-state index in [1.54, 1.807) is 19.1 Å². The molecule has 2 heterocycles. The van der Waals surface area contributed by atoms with Crippen molar-refractivity contribution in [2.45, 2.75) is 18.4 Å². The Morgan fingerprint density at radius 2 is 1.91 bits per heavy atom. The zero-order valence-corrected chi connectivity index (χ0v) is 19.0. The van der Waals surface area contributed by atoms with E-state index >= 15 is 0 Å². The van der Waals surface area contributed by atoms with Crippen LogP contribution in [0.25, 0.3) is 4.96 Å². The normalized spacial score (nSPS) is 11.4. The third-order valence-corrected chi connectivity index (χ3v) is 7.07. The van der Waals surface area contributed by atoms with E-state index in [0.29, 0.717) is 15.7 Å². The molecule has 11 heteroatoms. The Kier molecular flexibility index (Phi) is 6.00. The molecule has 0 spiro atoms. The summed E-state index contributed by atoms with van der Waals surface area (Å²) >= 11 is 7.12. The summed E-state index contributed by atoms with van der Waals surface area (Å²) in [7, 11) is -3.95. The number of fused-ring (bicyclic) bond motifs is 1. The van der Waals surface area contributed by atoms with E-state index in [2.05, 4.69) is 9.71 Å². The van der Waals surface area contributed by atoms with Crippen molar-refractivity contribution < 1.29 is 17.9 Å². The number of thiazole rings is 1. The summed E-state index contributed by atoms with van der Waals surface area (Å²) in [5, 5.41) is 2.21. The minimum absolute atomic E-state index is 0.00529. The molecule has 4 aromatic rings. The molecule has 0 bridgehead atoms. The molecule has 0 fully saturated rings. The standard InChI is InChI=1S/C21H16ClN3O5S2/c1-13-12-31-21-23-15(10-19(26)25(13)21)11-30-20(27)17-4-2-3-5-18(17)24-32(28,29)16-8-6-14(22)7-9-16/h2-10,12,24H,11H2,1H3. The van der Waals surface area contributed by atoms with Crippen LogP contribution in [0.3, 0.4) is 0 Å². The van der Waals surface area contributed by atoms with E-state index in [1.165, 1.54) is 58.2 Å². The van der Waals surface area contributed by atoms with E-state index in [4.69, 9.17) is 16.3 Å². The number of aryl methyl sites for hydroxylation is 1. The number of anilines is 1. The van der Waals surface area contributed by atoms with Crippen molar-refractivity contribution in [1.29, 1.82) is 0 Å². The van der Waals surface area contributed by atoms with E-state index in [9.17, 15) is 18.0 Å². The van der Waals surface area contributed by atoms with Crippen molar-refractivity contribution in [3.63, 3.8) is 0 Å². The number of hydrogen-bond acceptors (Lipinski definition) is 7. The Bertz CT molecular complexity index is 1480. The number of ether oxygens (including phenoxy) is 1. The number of carbonyl (C=O) groups is 1. The summed E-state index contributed by atoms with van der Waals surface area (Å²) in [6.45, 7) is 1.56. The van der Waals surface area contributed by atoms with E-state index in [0.717, 1.165) is 5.69 Å². The molecule has 2 aromatic heterocycles. The lowest BCUT2D eigenvalue weighted by Gasteiger charge is -2.12. The number of sulfonamides is 1. The van der Waals surface area contributed by atoms with Gasteiger partial charge in [-0.05, 0) is 43.3 Å². The molecular formula is C21H16ClN3O5S2. The summed E-state index contributed by atoms with van der Waals surface area (Å²) in [5.41, 5.74) is 0.882. The Balaban J connectivity index is 1.54. The molecule has 0 amide bonds. The summed E-state index contributed by atoms with van der Waals surface area (Å²) in [4.78, 5) is 29.8. The second-order valence-corrected chi connectivity index (χ2v) is 9.72. The van der Waals surface area contributed by atoms with Gasteiger partial charge in [-0.3, -0.25) is 13.9 Å². The van der Waals surface area contributed by atoms with Crippen LogP contribution in [0.1, 0.15) is 21.7 Å². The van der Waals surface area contributed by atoms with Crippen LogP contribution in [0.2, 0.25) is 5.02 Å². The monoisotopic (exact) mass is 489 g/mol. The fraction of sp³-hybridized carbons (Fsp3) is 0.0952. The average Bonchev–Trinajstić information content (AvgIpc) is 3.13. The summed E-state index contributed by atoms with van der Waals surface area (Å²) in [6.07, 6.45) is 0. The van der Waals surface area contributed by atoms with Gasteiger partial charge in [0.2, 0.25) is 0 Å². The van der Waals surface area contributed by atoms with E-state index in [1.807, 2.05) is 5.38 Å². The van der Waals surface area contributed by atoms with Crippen molar-refractivity contribution in [2.75, 3.05) is 4.72 Å². The highest BCUT2D eigenvalue weighted by Crippen LogP contribution is 2.22. The molecule has 4 rings (SSSR count). The SMILES string of the molecule is Cc1csc2nc(COC(=O)c3ccccc3NS(=O)(=O)c3ccc(Cl)cc3)cc(=O)n12. The molecule has 8 nitrogen and oxygen atoms in total. The molecule has 0 atom stereocenters. The number of nitrogens with zero attached hydrogens (tertiary/aromatic N) is 2. The smallest absolute Gasteiger partial charge is 0.340 e. The zero-order chi connectivity index (χ0) is 22.9. The van der Waals surface area contributed by atoms with Crippen LogP contribution < -0.4 is 10.3 Å². The van der Waals surface area contributed by atoms with Gasteiger partial charge < -0.3 is 4.74 Å². The summed E-state index contributed by atoms with van der Waals surface area (Å²) < 4.78 is 34.5. The topological polar surface area (TPSA) is 107 Å². The molecule has 0 aliphatic rings. The summed E-state index contributed by atoms with van der Waals surface area (Å²) in [6, 6.07) is 13.0. The predicted molar refractivity (Wildman–Crippen MR) is 122 cm³/mol. The Morgan fingerprint density at radius 3 is 2.66 bits per heavy atom. The lowest BCUT2D eigenvalue weighted by molar-refractivity contribution is 0.0469. The second kappa shape index (κ2) is 8.73. The zero-order valence-electron chi connectivity index (χ0n) is 16.6. The van der Waals surface area contributed by atoms with Crippen LogP contribution in [-0.2, 0) is 21.4 Å². The van der Waals surface area contributed by atoms with Gasteiger partial charge in [0, 0.05) is 22.2 Å². The van der Waals surface area contributed by atoms with Crippen molar-refractivity contribution in [3.8, 4) is 0 Å². The maximum absolute atomic E-state index is 12.7. The third-order valence-electron chi connectivity index (χ3n) is 4.49. The number of benzene rings is 2. The molecule has 164 valence electrons. The van der Waals surface area contributed by atoms with Crippen molar-refractivity contribution in [2.24, 2.45) is 0 Å². The fourth-order valence-corrected chi connectivity index (χ4v) is 5.06. The maximum Gasteiger partial charge on any atom is 0.340 e. The van der Waals surface area contributed by atoms with Crippen LogP contribution in [0.4, 0.5) is 5.69 Å². The molecule has 0 aliphatic carbocycles. The molecule has 0 saturated carbocycles. The number of esters is 1. The van der Waals surface area contributed by atoms with Crippen LogP contribution in [0.15, 0.2) is 69.7 Å². The van der Waals surface area contributed by atoms with E-state index in [-0.39, 0.29) is 28.3 Å². The van der Waals surface area contributed by atoms with Crippen LogP contribution in [0.5, 0.6) is 0 Å². The number of carbonyl (C=O) groups excluding carboxylic acids is 1. The van der Waals surface area contributed by atoms with Gasteiger partial charge >= 0.3 is 5.97 Å². The molecule has 1 N–H and O–H groups in total. The molecular weight excluding hydrogens is 474 g/mol. The highest BCUT2D eigenvalue weighted by atomic mass is 35.5. The van der Waals surface area contributed by atoms with Crippen molar-refractivity contribution in [3.05, 3.63) is 92.3 Å². The average molecular weight is 490 g/mol. The van der Waals surface area contributed by atoms with E-state index < -0.39 is 16.0 Å². The van der Waals surface area contributed by atoms with Crippen LogP contribution in [0, 0.1) is 6.92 Å². The first-order chi connectivity index (χ1) is 15.2. The molecule has 0 aliphatic heterocycles. The largest absolute Gasteiger partial charge is 0.456 e. The first-order valence-electron chi connectivity index (χ1n) is 9.26. The first kappa shape index (κ1) is 22.0. The van der Waals surface area contributed by atoms with Crippen LogP contribution >= 0.6 is 22.9 Å². The molecule has 32 heavy (non-hydrogen) atoms. The number of rotatable bonds is 6. The Labute approximate surface area is 192 Å². The van der Waals surface area contributed by atoms with Crippen molar-refractivity contribution in [1.82, 2.24) is 9.38 Å². The van der Waals surface area contributed by atoms with Crippen LogP contribution in [-0.4, -0.2) is 23.8 Å². The number of aromatic nitrogens is 2. The third kappa shape index (κ3) is 4.52. The molecule has 0 unspecified atom stereocenters. The highest BCUT2D eigenvalue weighted by molar-refractivity contribution is 7.92. The Morgan fingerprint density at radius 1 is 1.19 bits per heavy atom. The predicted octanol–water partition coefficient (Wildman–Crippen LogP) is 3.88. The van der Waals surface area contributed by atoms with Crippen molar-refractivity contribution >= 4 is 49.6 Å². The van der Waals surface area contributed by atoms with Gasteiger partial charge in [-0.1, -0.05) is 23.7 Å². The number of halogens is 1. The van der Waals surface area contributed by atoms with Gasteiger partial charge in [0.1, 0.15) is 6.61 Å². The maximum atomic E-state index is 12.7. The van der Waals surface area contributed by atoms with Gasteiger partial charge in [-0.2, -0.15) is 0 Å². The minimum atomic E-state index is -3.95. The number of nitrogens with one attached hydrogen (secondary N) is 1. The first-order valence-corrected chi connectivity index (χ1v) is 12.0. The summed E-state index contributed by atoms with van der Waals surface area (Å²) in [5.74, 6) is -0.760. The fourth-order valence-electron chi connectivity index (χ4n) is 2.96. The quantitative estimate of drug-likeness (QED) is 0.412.